The third-order valence-corrected chi connectivity index (χ3v) is 4.64. The minimum absolute atomic E-state index is 0.157. The topological polar surface area (TPSA) is 58.6 Å². The van der Waals surface area contributed by atoms with E-state index in [0.29, 0.717) is 24.4 Å². The molecule has 3 aromatic carbocycles. The monoisotopic (exact) mass is 414 g/mol. The van der Waals surface area contributed by atoms with Crippen LogP contribution in [-0.2, 0) is 11.3 Å². The Balaban J connectivity index is 1.66. The van der Waals surface area contributed by atoms with Gasteiger partial charge in [0, 0.05) is 19.7 Å². The predicted molar refractivity (Wildman–Crippen MR) is 124 cm³/mol. The highest BCUT2D eigenvalue weighted by Gasteiger charge is 2.16. The second kappa shape index (κ2) is 10.8. The SMILES string of the molecule is CCOc1ccc(/C=C/C(=O)Nc2ccccc2C(=O)N(C)Cc2ccccc2)cc1. The Labute approximate surface area is 183 Å². The average Bonchev–Trinajstić information content (AvgIpc) is 2.79. The van der Waals surface area contributed by atoms with Crippen LogP contribution in [0.2, 0.25) is 0 Å². The molecular formula is C26H26N2O3. The van der Waals surface area contributed by atoms with Crippen molar-refractivity contribution in [1.29, 1.82) is 0 Å². The molecule has 0 spiro atoms. The lowest BCUT2D eigenvalue weighted by atomic mass is 10.1. The smallest absolute Gasteiger partial charge is 0.256 e. The number of carbonyl (C=O) groups is 2. The molecule has 3 aromatic rings. The minimum Gasteiger partial charge on any atom is -0.494 e. The molecule has 1 N–H and O–H groups in total. The summed E-state index contributed by atoms with van der Waals surface area (Å²) in [6, 6.07) is 24.3. The molecule has 2 amide bonds. The molecule has 3 rings (SSSR count). The molecule has 5 heteroatoms. The summed E-state index contributed by atoms with van der Waals surface area (Å²) in [5.74, 6) is 0.325. The summed E-state index contributed by atoms with van der Waals surface area (Å²) in [4.78, 5) is 27.0. The first-order valence-electron chi connectivity index (χ1n) is 10.2. The Morgan fingerprint density at radius 3 is 2.32 bits per heavy atom. The van der Waals surface area contributed by atoms with Crippen LogP contribution in [0.15, 0.2) is 84.9 Å². The van der Waals surface area contributed by atoms with E-state index in [-0.39, 0.29) is 11.8 Å². The van der Waals surface area contributed by atoms with Crippen LogP contribution in [0.4, 0.5) is 5.69 Å². The number of ether oxygens (including phenoxy) is 1. The highest BCUT2D eigenvalue weighted by molar-refractivity contribution is 6.07. The van der Waals surface area contributed by atoms with Gasteiger partial charge in [-0.05, 0) is 48.4 Å². The lowest BCUT2D eigenvalue weighted by molar-refractivity contribution is -0.111. The van der Waals surface area contributed by atoms with E-state index in [4.69, 9.17) is 4.74 Å². The van der Waals surface area contributed by atoms with Crippen molar-refractivity contribution in [3.63, 3.8) is 0 Å². The number of rotatable bonds is 8. The predicted octanol–water partition coefficient (Wildman–Crippen LogP) is 5.01. The van der Waals surface area contributed by atoms with Crippen molar-refractivity contribution < 1.29 is 14.3 Å². The van der Waals surface area contributed by atoms with E-state index in [1.807, 2.05) is 61.5 Å². The lowest BCUT2D eigenvalue weighted by Gasteiger charge is -2.19. The fourth-order valence-electron chi connectivity index (χ4n) is 3.10. The van der Waals surface area contributed by atoms with Crippen LogP contribution in [0.25, 0.3) is 6.08 Å². The summed E-state index contributed by atoms with van der Waals surface area (Å²) in [5, 5.41) is 2.81. The van der Waals surface area contributed by atoms with Gasteiger partial charge in [-0.15, -0.1) is 0 Å². The number of hydrogen-bond acceptors (Lipinski definition) is 3. The molecule has 0 bridgehead atoms. The second-order valence-corrected chi connectivity index (χ2v) is 7.02. The Hall–Kier alpha value is -3.86. The summed E-state index contributed by atoms with van der Waals surface area (Å²) in [6.07, 6.45) is 3.17. The summed E-state index contributed by atoms with van der Waals surface area (Å²) in [5.41, 5.74) is 2.85. The van der Waals surface area contributed by atoms with Crippen molar-refractivity contribution in [3.05, 3.63) is 102 Å². The maximum atomic E-state index is 13.0. The van der Waals surface area contributed by atoms with Gasteiger partial charge in [-0.1, -0.05) is 54.6 Å². The van der Waals surface area contributed by atoms with Crippen molar-refractivity contribution in [1.82, 2.24) is 4.90 Å². The van der Waals surface area contributed by atoms with E-state index < -0.39 is 0 Å². The number of amides is 2. The number of nitrogens with one attached hydrogen (secondary N) is 1. The Bertz CT molecular complexity index is 1040. The van der Waals surface area contributed by atoms with Gasteiger partial charge in [-0.2, -0.15) is 0 Å². The molecule has 0 atom stereocenters. The first-order valence-corrected chi connectivity index (χ1v) is 10.2. The second-order valence-electron chi connectivity index (χ2n) is 7.02. The number of anilines is 1. The molecule has 158 valence electrons. The Morgan fingerprint density at radius 1 is 0.935 bits per heavy atom. The molecule has 0 unspecified atom stereocenters. The van der Waals surface area contributed by atoms with Crippen molar-refractivity contribution in [3.8, 4) is 5.75 Å². The van der Waals surface area contributed by atoms with Gasteiger partial charge in [0.1, 0.15) is 5.75 Å². The van der Waals surface area contributed by atoms with Crippen LogP contribution in [0, 0.1) is 0 Å². The zero-order valence-corrected chi connectivity index (χ0v) is 17.7. The first-order chi connectivity index (χ1) is 15.1. The van der Waals surface area contributed by atoms with Crippen LogP contribution >= 0.6 is 0 Å². The fraction of sp³-hybridized carbons (Fsp3) is 0.154. The molecule has 0 heterocycles. The van der Waals surface area contributed by atoms with Gasteiger partial charge in [0.15, 0.2) is 0 Å². The Morgan fingerprint density at radius 2 is 1.61 bits per heavy atom. The minimum atomic E-state index is -0.306. The first kappa shape index (κ1) is 21.8. The highest BCUT2D eigenvalue weighted by Crippen LogP contribution is 2.19. The van der Waals surface area contributed by atoms with Crippen LogP contribution in [-0.4, -0.2) is 30.4 Å². The van der Waals surface area contributed by atoms with E-state index in [2.05, 4.69) is 5.32 Å². The van der Waals surface area contributed by atoms with Gasteiger partial charge in [-0.25, -0.2) is 0 Å². The van der Waals surface area contributed by atoms with E-state index >= 15 is 0 Å². The van der Waals surface area contributed by atoms with E-state index in [1.165, 1.54) is 6.08 Å². The van der Waals surface area contributed by atoms with Gasteiger partial charge in [0.2, 0.25) is 5.91 Å². The molecule has 0 fully saturated rings. The third-order valence-electron chi connectivity index (χ3n) is 4.64. The summed E-state index contributed by atoms with van der Waals surface area (Å²) >= 11 is 0. The van der Waals surface area contributed by atoms with Gasteiger partial charge in [-0.3, -0.25) is 9.59 Å². The zero-order valence-electron chi connectivity index (χ0n) is 17.7. The maximum Gasteiger partial charge on any atom is 0.256 e. The van der Waals surface area contributed by atoms with Crippen molar-refractivity contribution in [2.45, 2.75) is 13.5 Å². The summed E-state index contributed by atoms with van der Waals surface area (Å²) in [7, 11) is 1.75. The van der Waals surface area contributed by atoms with E-state index in [0.717, 1.165) is 16.9 Å². The average molecular weight is 415 g/mol. The normalized spacial score (nSPS) is 10.6. The molecule has 0 saturated heterocycles. The molecule has 0 aliphatic carbocycles. The molecule has 0 radical (unpaired) electrons. The molecule has 0 saturated carbocycles. The van der Waals surface area contributed by atoms with Crippen LogP contribution in [0.5, 0.6) is 5.75 Å². The van der Waals surface area contributed by atoms with Crippen LogP contribution < -0.4 is 10.1 Å². The summed E-state index contributed by atoms with van der Waals surface area (Å²) in [6.45, 7) is 3.02. The molecule has 0 aliphatic rings. The van der Waals surface area contributed by atoms with Gasteiger partial charge < -0.3 is 15.0 Å². The zero-order chi connectivity index (χ0) is 22.1. The molecule has 0 aromatic heterocycles. The molecule has 0 aliphatic heterocycles. The quantitative estimate of drug-likeness (QED) is 0.527. The van der Waals surface area contributed by atoms with Gasteiger partial charge in [0.25, 0.3) is 5.91 Å². The van der Waals surface area contributed by atoms with Crippen molar-refractivity contribution in [2.24, 2.45) is 0 Å². The van der Waals surface area contributed by atoms with Crippen LogP contribution in [0.1, 0.15) is 28.4 Å². The number of benzene rings is 3. The fourth-order valence-corrected chi connectivity index (χ4v) is 3.10. The highest BCUT2D eigenvalue weighted by atomic mass is 16.5. The largest absolute Gasteiger partial charge is 0.494 e. The number of carbonyl (C=O) groups excluding carboxylic acids is 2. The molecule has 31 heavy (non-hydrogen) atoms. The number of para-hydroxylation sites is 1. The van der Waals surface area contributed by atoms with Crippen molar-refractivity contribution in [2.75, 3.05) is 19.0 Å². The molecular weight excluding hydrogens is 388 g/mol. The Kier molecular flexibility index (Phi) is 7.60. The third kappa shape index (κ3) is 6.31. The molecule has 5 nitrogen and oxygen atoms in total. The van der Waals surface area contributed by atoms with E-state index in [9.17, 15) is 9.59 Å². The maximum absolute atomic E-state index is 13.0. The lowest BCUT2D eigenvalue weighted by Crippen LogP contribution is -2.27. The van der Waals surface area contributed by atoms with Gasteiger partial charge >= 0.3 is 0 Å². The van der Waals surface area contributed by atoms with Crippen LogP contribution in [0.3, 0.4) is 0 Å². The summed E-state index contributed by atoms with van der Waals surface area (Å²) < 4.78 is 5.42. The number of nitrogens with zero attached hydrogens (tertiary/aromatic N) is 1. The van der Waals surface area contributed by atoms with Gasteiger partial charge in [0.05, 0.1) is 17.9 Å². The number of hydrogen-bond donors (Lipinski definition) is 1. The standard InChI is InChI=1S/C26H26N2O3/c1-3-31-22-16-13-20(14-17-22)15-18-25(29)27-24-12-8-7-11-23(24)26(30)28(2)19-21-9-5-4-6-10-21/h4-18H,3,19H2,1-2H3,(H,27,29)/b18-15+. The van der Waals surface area contributed by atoms with E-state index in [1.54, 1.807) is 42.3 Å². The van der Waals surface area contributed by atoms with Crippen molar-refractivity contribution >= 4 is 23.6 Å².